The Morgan fingerprint density at radius 3 is 2.35 bits per heavy atom. The van der Waals surface area contributed by atoms with Crippen molar-refractivity contribution in [1.82, 2.24) is 9.97 Å². The monoisotopic (exact) mass is 456 g/mol. The molecule has 1 aromatic heterocycles. The van der Waals surface area contributed by atoms with Gasteiger partial charge in [0.15, 0.2) is 0 Å². The first-order valence-electron chi connectivity index (χ1n) is 6.98. The van der Waals surface area contributed by atoms with Crippen molar-refractivity contribution in [3.63, 3.8) is 0 Å². The van der Waals surface area contributed by atoms with Gasteiger partial charge in [0.05, 0.1) is 21.6 Å². The van der Waals surface area contributed by atoms with Crippen molar-refractivity contribution < 1.29 is 8.42 Å². The van der Waals surface area contributed by atoms with Gasteiger partial charge in [0.25, 0.3) is 0 Å². The normalized spacial score (nSPS) is 14.7. The van der Waals surface area contributed by atoms with Gasteiger partial charge in [-0.1, -0.05) is 74.3 Å². The van der Waals surface area contributed by atoms with Crippen molar-refractivity contribution in [3.05, 3.63) is 60.2 Å². The van der Waals surface area contributed by atoms with Gasteiger partial charge in [0.1, 0.15) is 0 Å². The van der Waals surface area contributed by atoms with Crippen LogP contribution in [0.3, 0.4) is 0 Å². The summed E-state index contributed by atoms with van der Waals surface area (Å²) in [5.41, 5.74) is 2.39. The van der Waals surface area contributed by atoms with Gasteiger partial charge in [-0.05, 0) is 17.7 Å². The number of aromatic amines is 1. The van der Waals surface area contributed by atoms with Gasteiger partial charge in [-0.2, -0.15) is 0 Å². The number of fused-ring (bicyclic) bond motifs is 1. The van der Waals surface area contributed by atoms with Crippen LogP contribution in [0.1, 0.15) is 10.4 Å². The number of hydrogen-bond donors (Lipinski definition) is 1. The molecule has 1 heterocycles. The van der Waals surface area contributed by atoms with Crippen LogP contribution in [0.2, 0.25) is 0 Å². The van der Waals surface area contributed by atoms with Gasteiger partial charge >= 0.3 is 0 Å². The molecule has 0 aliphatic carbocycles. The number of rotatable bonds is 5. The van der Waals surface area contributed by atoms with E-state index < -0.39 is 9.84 Å². The first-order chi connectivity index (χ1) is 11.0. The number of aromatic nitrogens is 2. The smallest absolute Gasteiger partial charge is 0.226 e. The minimum absolute atomic E-state index is 0.0101. The number of hydrogen-bond acceptors (Lipinski definition) is 3. The SMILES string of the molecule is O=S(=O)(CC(Br)C(Br)c1ccccc1)c1nc2ccccc2[nH]1. The van der Waals surface area contributed by atoms with E-state index in [0.29, 0.717) is 5.52 Å². The zero-order valence-electron chi connectivity index (χ0n) is 12.0. The summed E-state index contributed by atoms with van der Waals surface area (Å²) in [5.74, 6) is -0.0579. The largest absolute Gasteiger partial charge is 0.329 e. The zero-order chi connectivity index (χ0) is 16.4. The van der Waals surface area contributed by atoms with Gasteiger partial charge < -0.3 is 4.98 Å². The second-order valence-electron chi connectivity index (χ2n) is 5.17. The Bertz CT molecular complexity index is 877. The lowest BCUT2D eigenvalue weighted by Gasteiger charge is -2.16. The fourth-order valence-corrected chi connectivity index (χ4v) is 5.66. The molecule has 120 valence electrons. The van der Waals surface area contributed by atoms with Gasteiger partial charge in [-0.15, -0.1) is 0 Å². The van der Waals surface area contributed by atoms with E-state index in [4.69, 9.17) is 0 Å². The molecule has 2 atom stereocenters. The minimum Gasteiger partial charge on any atom is -0.329 e. The number of para-hydroxylation sites is 2. The number of nitrogens with one attached hydrogen (secondary N) is 1. The van der Waals surface area contributed by atoms with Gasteiger partial charge in [-0.3, -0.25) is 0 Å². The molecule has 3 aromatic rings. The molecule has 3 rings (SSSR count). The predicted molar refractivity (Wildman–Crippen MR) is 99.0 cm³/mol. The number of alkyl halides is 2. The van der Waals surface area contributed by atoms with Crippen molar-refractivity contribution in [3.8, 4) is 0 Å². The van der Waals surface area contributed by atoms with Gasteiger partial charge in [-0.25, -0.2) is 13.4 Å². The molecule has 0 saturated carbocycles. The maximum Gasteiger partial charge on any atom is 0.226 e. The number of H-pyrrole nitrogens is 1. The third kappa shape index (κ3) is 3.67. The molecule has 0 bridgehead atoms. The first-order valence-corrected chi connectivity index (χ1v) is 10.5. The lowest BCUT2D eigenvalue weighted by Crippen LogP contribution is -2.20. The molecule has 0 fully saturated rings. The summed E-state index contributed by atoms with van der Waals surface area (Å²) in [4.78, 5) is 6.69. The van der Waals surface area contributed by atoms with Crippen LogP contribution in [0.15, 0.2) is 59.8 Å². The Morgan fingerprint density at radius 1 is 1.00 bits per heavy atom. The molecule has 2 unspecified atom stereocenters. The molecule has 0 radical (unpaired) electrons. The van der Waals surface area contributed by atoms with Gasteiger partial charge in [0.2, 0.25) is 15.0 Å². The van der Waals surface area contributed by atoms with Crippen LogP contribution < -0.4 is 0 Å². The summed E-state index contributed by atoms with van der Waals surface area (Å²) in [7, 11) is -3.52. The summed E-state index contributed by atoms with van der Waals surface area (Å²) < 4.78 is 25.2. The molecule has 23 heavy (non-hydrogen) atoms. The van der Waals surface area contributed by atoms with E-state index in [9.17, 15) is 8.42 Å². The third-order valence-electron chi connectivity index (χ3n) is 3.48. The van der Waals surface area contributed by atoms with Crippen molar-refractivity contribution in [2.45, 2.75) is 14.8 Å². The molecular weight excluding hydrogens is 444 g/mol. The second-order valence-corrected chi connectivity index (χ2v) is 9.28. The fraction of sp³-hybridized carbons (Fsp3) is 0.188. The van der Waals surface area contributed by atoms with Crippen LogP contribution in [0.25, 0.3) is 11.0 Å². The Balaban J connectivity index is 1.83. The molecular formula is C16H14Br2N2O2S. The molecule has 0 aliphatic heterocycles. The molecule has 1 N–H and O–H groups in total. The topological polar surface area (TPSA) is 62.8 Å². The Labute approximate surface area is 151 Å². The van der Waals surface area contributed by atoms with E-state index in [2.05, 4.69) is 41.8 Å². The number of sulfone groups is 1. The van der Waals surface area contributed by atoms with Crippen LogP contribution >= 0.6 is 31.9 Å². The highest BCUT2D eigenvalue weighted by atomic mass is 79.9. The van der Waals surface area contributed by atoms with E-state index in [-0.39, 0.29) is 20.6 Å². The Hall–Kier alpha value is -1.18. The quantitative estimate of drug-likeness (QED) is 0.583. The maximum absolute atomic E-state index is 12.6. The average Bonchev–Trinajstić information content (AvgIpc) is 2.99. The molecule has 0 aliphatic rings. The number of benzene rings is 2. The maximum atomic E-state index is 12.6. The lowest BCUT2D eigenvalue weighted by atomic mass is 10.1. The summed E-state index contributed by atoms with van der Waals surface area (Å²) in [6, 6.07) is 17.0. The first kappa shape index (κ1) is 16.7. The highest BCUT2D eigenvalue weighted by Gasteiger charge is 2.27. The van der Waals surface area contributed by atoms with E-state index in [1.807, 2.05) is 48.5 Å². The van der Waals surface area contributed by atoms with Crippen molar-refractivity contribution >= 4 is 52.7 Å². The highest BCUT2D eigenvalue weighted by Crippen LogP contribution is 2.32. The van der Waals surface area contributed by atoms with E-state index in [1.54, 1.807) is 6.07 Å². The highest BCUT2D eigenvalue weighted by molar-refractivity contribution is 9.12. The molecule has 0 saturated heterocycles. The zero-order valence-corrected chi connectivity index (χ0v) is 16.0. The van der Waals surface area contributed by atoms with Crippen LogP contribution in [0.4, 0.5) is 0 Å². The Kier molecular flexibility index (Phi) is 4.89. The van der Waals surface area contributed by atoms with Crippen molar-refractivity contribution in [2.75, 3.05) is 5.75 Å². The lowest BCUT2D eigenvalue weighted by molar-refractivity contribution is 0.587. The van der Waals surface area contributed by atoms with Crippen LogP contribution in [0, 0.1) is 0 Å². The Morgan fingerprint density at radius 2 is 1.65 bits per heavy atom. The number of nitrogens with zero attached hydrogens (tertiary/aromatic N) is 1. The average molecular weight is 458 g/mol. The van der Waals surface area contributed by atoms with Crippen LogP contribution in [-0.2, 0) is 9.84 Å². The summed E-state index contributed by atoms with van der Waals surface area (Å²) in [6.07, 6.45) is 0. The number of halogens is 2. The minimum atomic E-state index is -3.52. The summed E-state index contributed by atoms with van der Waals surface area (Å²) in [5, 5.41) is 0.0101. The summed E-state index contributed by atoms with van der Waals surface area (Å²) >= 11 is 7.06. The van der Waals surface area contributed by atoms with Crippen molar-refractivity contribution in [2.24, 2.45) is 0 Å². The van der Waals surface area contributed by atoms with Crippen LogP contribution in [0.5, 0.6) is 0 Å². The van der Waals surface area contributed by atoms with Crippen molar-refractivity contribution in [1.29, 1.82) is 0 Å². The predicted octanol–water partition coefficient (Wildman–Crippen LogP) is 4.24. The number of imidazole rings is 1. The molecule has 0 spiro atoms. The molecule has 2 aromatic carbocycles. The second kappa shape index (κ2) is 6.75. The van der Waals surface area contributed by atoms with E-state index in [0.717, 1.165) is 11.1 Å². The molecule has 7 heteroatoms. The van der Waals surface area contributed by atoms with Gasteiger partial charge in [0, 0.05) is 4.83 Å². The van der Waals surface area contributed by atoms with Crippen LogP contribution in [-0.4, -0.2) is 29.0 Å². The third-order valence-corrected chi connectivity index (χ3v) is 8.21. The standard InChI is InChI=1S/C16H14Br2N2O2S/c17-12(15(18)11-6-2-1-3-7-11)10-23(21,22)16-19-13-8-4-5-9-14(13)20-16/h1-9,12,15H,10H2,(H,19,20). The fourth-order valence-electron chi connectivity index (χ4n) is 2.30. The molecule has 4 nitrogen and oxygen atoms in total. The van der Waals surface area contributed by atoms with E-state index in [1.165, 1.54) is 0 Å². The summed E-state index contributed by atoms with van der Waals surface area (Å²) in [6.45, 7) is 0. The van der Waals surface area contributed by atoms with E-state index >= 15 is 0 Å². The molecule has 0 amide bonds.